The normalized spacial score (nSPS) is 11.2. The van der Waals surface area contributed by atoms with Crippen LogP contribution in [0.4, 0.5) is 23.2 Å². The largest absolute Gasteiger partial charge is 0.421 e. The van der Waals surface area contributed by atoms with Gasteiger partial charge in [-0.25, -0.2) is 22.4 Å². The van der Waals surface area contributed by atoms with Crippen LogP contribution in [0.2, 0.25) is 0 Å². The van der Waals surface area contributed by atoms with E-state index in [1.54, 1.807) is 68.7 Å². The first kappa shape index (κ1) is 28.0. The average Bonchev–Trinajstić information content (AvgIpc) is 2.81. The van der Waals surface area contributed by atoms with Gasteiger partial charge >= 0.3 is 16.1 Å². The molecular weight excluding hydrogens is 736 g/mol. The standard InChI is InChI=1S/C22H11F4I2NO6S/c1-2-9-3-5-10(6-4-9)22(31)35-19-12(27)7-11(8-13(19)28)21(30)29-18-14(23)16(25)20(36(32,33)34)17(26)15(18)24/h2-8H,1H2,(H,29,30)(H,32,33,34). The van der Waals surface area contributed by atoms with Crippen molar-refractivity contribution in [1.29, 1.82) is 0 Å². The van der Waals surface area contributed by atoms with Crippen molar-refractivity contribution in [3.63, 3.8) is 0 Å². The topological polar surface area (TPSA) is 110 Å². The van der Waals surface area contributed by atoms with Gasteiger partial charge in [-0.2, -0.15) is 8.42 Å². The third-order valence-corrected chi connectivity index (χ3v) is 7.03. The van der Waals surface area contributed by atoms with Crippen molar-refractivity contribution in [3.05, 3.63) is 90.1 Å². The van der Waals surface area contributed by atoms with E-state index in [4.69, 9.17) is 9.29 Å². The van der Waals surface area contributed by atoms with E-state index in [1.165, 1.54) is 24.3 Å². The fraction of sp³-hybridized carbons (Fsp3) is 0. The second kappa shape index (κ2) is 10.8. The minimum atomic E-state index is -5.65. The van der Waals surface area contributed by atoms with Crippen LogP contribution in [0.15, 0.2) is 47.9 Å². The summed E-state index contributed by atoms with van der Waals surface area (Å²) in [7, 11) is -5.65. The van der Waals surface area contributed by atoms with Gasteiger partial charge < -0.3 is 10.1 Å². The number of hydrogen-bond acceptors (Lipinski definition) is 5. The minimum Gasteiger partial charge on any atom is -0.421 e. The van der Waals surface area contributed by atoms with E-state index in [1.807, 2.05) is 0 Å². The number of halogens is 6. The summed E-state index contributed by atoms with van der Waals surface area (Å²) in [5.41, 5.74) is -0.827. The number of carbonyl (C=O) groups is 2. The predicted molar refractivity (Wildman–Crippen MR) is 137 cm³/mol. The van der Waals surface area contributed by atoms with Crippen LogP contribution >= 0.6 is 45.2 Å². The summed E-state index contributed by atoms with van der Waals surface area (Å²) in [4.78, 5) is 22.8. The van der Waals surface area contributed by atoms with Crippen LogP contribution in [0.25, 0.3) is 6.08 Å². The van der Waals surface area contributed by atoms with E-state index in [0.29, 0.717) is 0 Å². The second-order valence-corrected chi connectivity index (χ2v) is 10.6. The molecule has 0 aliphatic heterocycles. The molecule has 188 valence electrons. The molecule has 0 spiro atoms. The van der Waals surface area contributed by atoms with Gasteiger partial charge in [-0.15, -0.1) is 0 Å². The van der Waals surface area contributed by atoms with Crippen LogP contribution in [0.3, 0.4) is 0 Å². The Labute approximate surface area is 228 Å². The van der Waals surface area contributed by atoms with Gasteiger partial charge in [-0.1, -0.05) is 24.8 Å². The van der Waals surface area contributed by atoms with Crippen LogP contribution in [-0.4, -0.2) is 24.8 Å². The Bertz CT molecular complexity index is 1480. The number of nitrogens with one attached hydrogen (secondary N) is 1. The Morgan fingerprint density at radius 3 is 1.86 bits per heavy atom. The van der Waals surface area contributed by atoms with Gasteiger partial charge in [0.25, 0.3) is 5.91 Å². The maximum Gasteiger partial charge on any atom is 0.343 e. The molecule has 36 heavy (non-hydrogen) atoms. The van der Waals surface area contributed by atoms with E-state index >= 15 is 0 Å². The van der Waals surface area contributed by atoms with Crippen molar-refractivity contribution >= 4 is 78.9 Å². The predicted octanol–water partition coefficient (Wildman–Crippen LogP) is 5.81. The number of rotatable bonds is 6. The third kappa shape index (κ3) is 5.70. The molecule has 14 heteroatoms. The molecule has 0 saturated heterocycles. The molecule has 0 aromatic heterocycles. The van der Waals surface area contributed by atoms with Crippen LogP contribution < -0.4 is 10.1 Å². The number of hydrogen-bond donors (Lipinski definition) is 2. The highest BCUT2D eigenvalue weighted by Gasteiger charge is 2.33. The second-order valence-electron chi connectivity index (χ2n) is 6.87. The van der Waals surface area contributed by atoms with Crippen LogP contribution in [0.5, 0.6) is 5.75 Å². The molecule has 0 aliphatic rings. The highest BCUT2D eigenvalue weighted by Crippen LogP contribution is 2.33. The molecule has 0 aliphatic carbocycles. The molecule has 1 amide bonds. The van der Waals surface area contributed by atoms with Gasteiger partial charge in [0, 0.05) is 5.56 Å². The molecule has 3 aromatic rings. The fourth-order valence-corrected chi connectivity index (χ4v) is 5.45. The lowest BCUT2D eigenvalue weighted by atomic mass is 10.1. The molecule has 0 heterocycles. The average molecular weight is 747 g/mol. The van der Waals surface area contributed by atoms with E-state index in [-0.39, 0.29) is 24.0 Å². The molecular formula is C22H11F4I2NO6S. The summed E-state index contributed by atoms with van der Waals surface area (Å²) in [6.07, 6.45) is 1.59. The smallest absolute Gasteiger partial charge is 0.343 e. The zero-order valence-corrected chi connectivity index (χ0v) is 22.5. The Morgan fingerprint density at radius 2 is 1.42 bits per heavy atom. The summed E-state index contributed by atoms with van der Waals surface area (Å²) in [5, 5.41) is 1.64. The number of anilines is 1. The molecule has 0 fully saturated rings. The summed E-state index contributed by atoms with van der Waals surface area (Å²) in [6.45, 7) is 3.61. The summed E-state index contributed by atoms with van der Waals surface area (Å²) < 4.78 is 93.3. The highest BCUT2D eigenvalue weighted by atomic mass is 127. The SMILES string of the molecule is C=Cc1ccc(C(=O)Oc2c(I)cc(C(=O)Nc3c(F)c(F)c(S(=O)(=O)O)c(F)c3F)cc2I)cc1. The van der Waals surface area contributed by atoms with E-state index in [2.05, 4.69) is 6.58 Å². The number of benzene rings is 3. The molecule has 3 aromatic carbocycles. The lowest BCUT2D eigenvalue weighted by molar-refractivity contribution is 0.0732. The van der Waals surface area contributed by atoms with Crippen molar-refractivity contribution in [2.24, 2.45) is 0 Å². The van der Waals surface area contributed by atoms with E-state index in [9.17, 15) is 35.6 Å². The lowest BCUT2D eigenvalue weighted by Crippen LogP contribution is -2.19. The maximum atomic E-state index is 14.2. The number of amides is 1. The number of ether oxygens (including phenoxy) is 1. The Kier molecular flexibility index (Phi) is 8.41. The molecule has 0 radical (unpaired) electrons. The highest BCUT2D eigenvalue weighted by molar-refractivity contribution is 14.1. The van der Waals surface area contributed by atoms with Gasteiger partial charge in [0.2, 0.25) is 0 Å². The summed E-state index contributed by atoms with van der Waals surface area (Å²) >= 11 is 3.48. The molecule has 0 atom stereocenters. The first-order valence-corrected chi connectivity index (χ1v) is 12.9. The van der Waals surface area contributed by atoms with Gasteiger partial charge in [0.05, 0.1) is 12.7 Å². The van der Waals surface area contributed by atoms with Crippen molar-refractivity contribution in [1.82, 2.24) is 0 Å². The third-order valence-electron chi connectivity index (χ3n) is 4.56. The first-order chi connectivity index (χ1) is 16.8. The quantitative estimate of drug-likeness (QED) is 0.0823. The molecule has 2 N–H and O–H groups in total. The molecule has 0 bridgehead atoms. The van der Waals surface area contributed by atoms with Crippen molar-refractivity contribution in [2.75, 3.05) is 5.32 Å². The Morgan fingerprint density at radius 1 is 0.917 bits per heavy atom. The summed E-state index contributed by atoms with van der Waals surface area (Å²) in [5.74, 6) is -11.2. The van der Waals surface area contributed by atoms with Crippen LogP contribution in [0.1, 0.15) is 26.3 Å². The van der Waals surface area contributed by atoms with Gasteiger partial charge in [0.1, 0.15) is 5.69 Å². The van der Waals surface area contributed by atoms with Crippen LogP contribution in [-0.2, 0) is 10.1 Å². The number of esters is 1. The van der Waals surface area contributed by atoms with E-state index in [0.717, 1.165) is 5.56 Å². The molecule has 0 unspecified atom stereocenters. The van der Waals surface area contributed by atoms with Crippen molar-refractivity contribution in [2.45, 2.75) is 4.90 Å². The Balaban J connectivity index is 1.90. The Hall–Kier alpha value is -2.57. The lowest BCUT2D eigenvalue weighted by Gasteiger charge is -2.13. The zero-order chi connectivity index (χ0) is 26.9. The molecule has 3 rings (SSSR count). The fourth-order valence-electron chi connectivity index (χ4n) is 2.83. The van der Waals surface area contributed by atoms with Crippen LogP contribution in [0, 0.1) is 30.4 Å². The molecule has 7 nitrogen and oxygen atoms in total. The van der Waals surface area contributed by atoms with Crippen molar-refractivity contribution in [3.8, 4) is 5.75 Å². The van der Waals surface area contributed by atoms with Gasteiger partial charge in [-0.3, -0.25) is 9.35 Å². The van der Waals surface area contributed by atoms with E-state index < -0.39 is 55.8 Å². The first-order valence-electron chi connectivity index (χ1n) is 9.34. The minimum absolute atomic E-state index is 0.0810. The van der Waals surface area contributed by atoms with Crippen molar-refractivity contribution < 1.29 is 44.9 Å². The van der Waals surface area contributed by atoms with Gasteiger partial charge in [0.15, 0.2) is 33.9 Å². The number of carbonyl (C=O) groups excluding carboxylic acids is 2. The maximum absolute atomic E-state index is 14.2. The molecule has 0 saturated carbocycles. The summed E-state index contributed by atoms with van der Waals surface area (Å²) in [6, 6.07) is 8.71. The zero-order valence-electron chi connectivity index (χ0n) is 17.4. The van der Waals surface area contributed by atoms with Gasteiger partial charge in [-0.05, 0) is 75.0 Å². The monoisotopic (exact) mass is 747 g/mol.